The van der Waals surface area contributed by atoms with Crippen molar-refractivity contribution in [2.24, 2.45) is 5.92 Å². The van der Waals surface area contributed by atoms with E-state index in [1.165, 1.54) is 24.8 Å². The number of hydrogen-bond donors (Lipinski definition) is 1. The van der Waals surface area contributed by atoms with Gasteiger partial charge in [0.15, 0.2) is 0 Å². The van der Waals surface area contributed by atoms with Crippen molar-refractivity contribution in [2.45, 2.75) is 83.7 Å². The van der Waals surface area contributed by atoms with Gasteiger partial charge in [-0.2, -0.15) is 0 Å². The molecule has 0 bridgehead atoms. The van der Waals surface area contributed by atoms with Crippen molar-refractivity contribution >= 4 is 17.6 Å². The molecule has 1 saturated carbocycles. The van der Waals surface area contributed by atoms with Gasteiger partial charge < -0.3 is 15.1 Å². The largest absolute Gasteiger partial charge is 0.339 e. The van der Waals surface area contributed by atoms with Crippen LogP contribution in [0.5, 0.6) is 0 Å². The third-order valence-electron chi connectivity index (χ3n) is 8.01. The molecule has 2 heterocycles. The first kappa shape index (κ1) is 24.1. The highest BCUT2D eigenvalue weighted by Crippen LogP contribution is 2.33. The Morgan fingerprint density at radius 3 is 2.12 bits per heavy atom. The van der Waals surface area contributed by atoms with Gasteiger partial charge in [-0.25, -0.2) is 4.79 Å². The van der Waals surface area contributed by atoms with E-state index in [0.717, 1.165) is 51.0 Å². The highest BCUT2D eigenvalue weighted by Gasteiger charge is 2.40. The summed E-state index contributed by atoms with van der Waals surface area (Å²) in [5, 5.41) is 3.05. The summed E-state index contributed by atoms with van der Waals surface area (Å²) >= 11 is 0. The zero-order chi connectivity index (χ0) is 23.4. The van der Waals surface area contributed by atoms with E-state index < -0.39 is 0 Å². The highest BCUT2D eigenvalue weighted by atomic mass is 16.2. The van der Waals surface area contributed by atoms with Gasteiger partial charge in [-0.1, -0.05) is 38.8 Å². The van der Waals surface area contributed by atoms with Gasteiger partial charge in [0, 0.05) is 44.5 Å². The van der Waals surface area contributed by atoms with Crippen molar-refractivity contribution in [2.75, 3.05) is 38.0 Å². The fourth-order valence-corrected chi connectivity index (χ4v) is 5.88. The van der Waals surface area contributed by atoms with Crippen LogP contribution >= 0.6 is 0 Å². The Kier molecular flexibility index (Phi) is 7.94. The number of piperidine rings is 1. The number of rotatable bonds is 5. The van der Waals surface area contributed by atoms with Crippen LogP contribution in [0.4, 0.5) is 10.5 Å². The van der Waals surface area contributed by atoms with Crippen LogP contribution in [0.25, 0.3) is 0 Å². The number of carbonyl (C=O) groups is 2. The van der Waals surface area contributed by atoms with Gasteiger partial charge in [0.05, 0.1) is 6.04 Å². The molecule has 1 N–H and O–H groups in total. The maximum Gasteiger partial charge on any atom is 0.321 e. The topological polar surface area (TPSA) is 55.9 Å². The van der Waals surface area contributed by atoms with E-state index in [9.17, 15) is 9.59 Å². The third kappa shape index (κ3) is 5.71. The average Bonchev–Trinajstić information content (AvgIpc) is 3.34. The number of anilines is 1. The number of carbonyl (C=O) groups excluding carboxylic acids is 2. The zero-order valence-corrected chi connectivity index (χ0v) is 20.8. The Morgan fingerprint density at radius 2 is 1.52 bits per heavy atom. The minimum absolute atomic E-state index is 0.0122. The van der Waals surface area contributed by atoms with Gasteiger partial charge in [-0.3, -0.25) is 9.69 Å². The van der Waals surface area contributed by atoms with Crippen LogP contribution in [-0.2, 0) is 4.79 Å². The Bertz CT molecular complexity index is 795. The van der Waals surface area contributed by atoms with E-state index in [-0.39, 0.29) is 12.1 Å². The third-order valence-corrected chi connectivity index (χ3v) is 8.01. The summed E-state index contributed by atoms with van der Waals surface area (Å²) in [6.07, 6.45) is 8.27. The molecule has 4 rings (SSSR count). The Morgan fingerprint density at radius 1 is 0.879 bits per heavy atom. The summed E-state index contributed by atoms with van der Waals surface area (Å²) in [7, 11) is 0. The molecule has 3 fully saturated rings. The van der Waals surface area contributed by atoms with Crippen LogP contribution in [0.15, 0.2) is 24.3 Å². The van der Waals surface area contributed by atoms with Crippen LogP contribution in [-0.4, -0.2) is 71.4 Å². The second-order valence-corrected chi connectivity index (χ2v) is 10.6. The number of likely N-dealkylation sites (tertiary alicyclic amines) is 1. The molecule has 1 aromatic rings. The van der Waals surface area contributed by atoms with Gasteiger partial charge in [-0.05, 0) is 68.6 Å². The second-order valence-electron chi connectivity index (χ2n) is 10.6. The first-order valence-corrected chi connectivity index (χ1v) is 13.1. The lowest BCUT2D eigenvalue weighted by Gasteiger charge is -2.44. The van der Waals surface area contributed by atoms with E-state index in [2.05, 4.69) is 48.0 Å². The number of benzene rings is 1. The number of hydrogen-bond acceptors (Lipinski definition) is 3. The molecule has 3 aliphatic rings. The first-order chi connectivity index (χ1) is 15.9. The highest BCUT2D eigenvalue weighted by molar-refractivity contribution is 5.89. The van der Waals surface area contributed by atoms with Gasteiger partial charge in [0.25, 0.3) is 0 Å². The van der Waals surface area contributed by atoms with E-state index in [1.807, 2.05) is 17.0 Å². The van der Waals surface area contributed by atoms with Gasteiger partial charge in [0.2, 0.25) is 5.91 Å². The lowest BCUT2D eigenvalue weighted by Crippen LogP contribution is -2.60. The van der Waals surface area contributed by atoms with Crippen molar-refractivity contribution in [1.82, 2.24) is 14.7 Å². The fraction of sp³-hybridized carbons (Fsp3) is 0.704. The number of urea groups is 1. The summed E-state index contributed by atoms with van der Waals surface area (Å²) in [6, 6.07) is 8.43. The van der Waals surface area contributed by atoms with Crippen LogP contribution < -0.4 is 5.32 Å². The number of nitrogens with one attached hydrogen (secondary N) is 1. The maximum absolute atomic E-state index is 13.7. The van der Waals surface area contributed by atoms with Gasteiger partial charge in [-0.15, -0.1) is 0 Å². The molecule has 182 valence electrons. The van der Waals surface area contributed by atoms with Gasteiger partial charge in [0.1, 0.15) is 0 Å². The predicted octanol–water partition coefficient (Wildman–Crippen LogP) is 4.92. The van der Waals surface area contributed by atoms with E-state index in [1.54, 1.807) is 0 Å². The van der Waals surface area contributed by atoms with Crippen LogP contribution in [0.3, 0.4) is 0 Å². The molecular weight excluding hydrogens is 412 g/mol. The summed E-state index contributed by atoms with van der Waals surface area (Å²) in [5.74, 6) is 1.29. The van der Waals surface area contributed by atoms with Crippen molar-refractivity contribution in [1.29, 1.82) is 0 Å². The molecule has 0 radical (unpaired) electrons. The van der Waals surface area contributed by atoms with Crippen molar-refractivity contribution < 1.29 is 9.59 Å². The number of piperazine rings is 1. The standard InChI is InChI=1S/C27H42N4O2/c1-20(2)22-11-13-24(14-12-22)28-27(33)30-18-16-29(17-19-30)25(23-9-4-5-10-23)26(32)31-15-7-6-8-21(31)3/h11-14,20-21,23,25H,4-10,15-19H2,1-3H3,(H,28,33). The Hall–Kier alpha value is -2.08. The molecule has 6 nitrogen and oxygen atoms in total. The molecule has 2 atom stereocenters. The van der Waals surface area contributed by atoms with Crippen molar-refractivity contribution in [3.63, 3.8) is 0 Å². The first-order valence-electron chi connectivity index (χ1n) is 13.1. The lowest BCUT2D eigenvalue weighted by molar-refractivity contribution is -0.143. The smallest absolute Gasteiger partial charge is 0.321 e. The van der Waals surface area contributed by atoms with Crippen LogP contribution in [0, 0.1) is 5.92 Å². The summed E-state index contributed by atoms with van der Waals surface area (Å²) in [6.45, 7) is 10.3. The zero-order valence-electron chi connectivity index (χ0n) is 20.8. The minimum Gasteiger partial charge on any atom is -0.339 e. The molecule has 1 aliphatic carbocycles. The second kappa shape index (κ2) is 10.9. The Balaban J connectivity index is 1.36. The van der Waals surface area contributed by atoms with Crippen LogP contribution in [0.2, 0.25) is 0 Å². The fourth-order valence-electron chi connectivity index (χ4n) is 5.88. The predicted molar refractivity (Wildman–Crippen MR) is 133 cm³/mol. The quantitative estimate of drug-likeness (QED) is 0.687. The molecule has 2 unspecified atom stereocenters. The number of amides is 3. The average molecular weight is 455 g/mol. The SMILES string of the molecule is CC(C)c1ccc(NC(=O)N2CCN(C(C(=O)N3CCCCC3C)C3CCCC3)CC2)cc1. The molecule has 3 amide bonds. The lowest BCUT2D eigenvalue weighted by atomic mass is 9.92. The van der Waals surface area contributed by atoms with E-state index in [4.69, 9.17) is 0 Å². The summed E-state index contributed by atoms with van der Waals surface area (Å²) < 4.78 is 0. The molecule has 33 heavy (non-hydrogen) atoms. The Labute approximate surface area is 199 Å². The molecule has 0 aromatic heterocycles. The molecule has 2 aliphatic heterocycles. The van der Waals surface area contributed by atoms with E-state index in [0.29, 0.717) is 36.9 Å². The monoisotopic (exact) mass is 454 g/mol. The number of nitrogens with zero attached hydrogens (tertiary/aromatic N) is 3. The molecule has 1 aromatic carbocycles. The molecule has 6 heteroatoms. The molecule has 2 saturated heterocycles. The van der Waals surface area contributed by atoms with Crippen LogP contribution in [0.1, 0.15) is 77.2 Å². The maximum atomic E-state index is 13.7. The van der Waals surface area contributed by atoms with Gasteiger partial charge >= 0.3 is 6.03 Å². The summed E-state index contributed by atoms with van der Waals surface area (Å²) in [4.78, 5) is 33.0. The molecule has 0 spiro atoms. The van der Waals surface area contributed by atoms with E-state index >= 15 is 0 Å². The van der Waals surface area contributed by atoms with Crippen molar-refractivity contribution in [3.05, 3.63) is 29.8 Å². The summed E-state index contributed by atoms with van der Waals surface area (Å²) in [5.41, 5.74) is 2.11. The normalized spacial score (nSPS) is 23.7. The van der Waals surface area contributed by atoms with Crippen molar-refractivity contribution in [3.8, 4) is 0 Å². The molecular formula is C27H42N4O2. The minimum atomic E-state index is -0.0413.